The van der Waals surface area contributed by atoms with E-state index in [1.54, 1.807) is 0 Å². The number of nitrogens with one attached hydrogen (secondary N) is 1. The molecule has 0 radical (unpaired) electrons. The highest BCUT2D eigenvalue weighted by Gasteiger charge is 2.45. The molecule has 2 rings (SSSR count). The van der Waals surface area contributed by atoms with Crippen molar-refractivity contribution in [2.45, 2.75) is 84.4 Å². The summed E-state index contributed by atoms with van der Waals surface area (Å²) < 4.78 is 6.33. The van der Waals surface area contributed by atoms with E-state index < -0.39 is 0 Å². The van der Waals surface area contributed by atoms with Crippen LogP contribution in [0.5, 0.6) is 0 Å². The molecule has 1 atom stereocenters. The molecule has 18 heavy (non-hydrogen) atoms. The maximum absolute atomic E-state index is 6.33. The van der Waals surface area contributed by atoms with E-state index >= 15 is 0 Å². The van der Waals surface area contributed by atoms with E-state index in [1.807, 2.05) is 0 Å². The highest BCUT2D eigenvalue weighted by atomic mass is 16.5. The number of rotatable bonds is 1. The zero-order valence-corrected chi connectivity index (χ0v) is 12.7. The van der Waals surface area contributed by atoms with E-state index in [0.717, 1.165) is 6.61 Å². The van der Waals surface area contributed by atoms with Gasteiger partial charge >= 0.3 is 0 Å². The van der Waals surface area contributed by atoms with Crippen molar-refractivity contribution >= 4 is 0 Å². The van der Waals surface area contributed by atoms with Crippen molar-refractivity contribution in [1.82, 2.24) is 5.32 Å². The average Bonchev–Trinajstić information content (AvgIpc) is 2.26. The van der Waals surface area contributed by atoms with Crippen LogP contribution in [0.3, 0.4) is 0 Å². The zero-order chi connectivity index (χ0) is 13.2. The van der Waals surface area contributed by atoms with Gasteiger partial charge in [-0.15, -0.1) is 0 Å². The molecule has 2 nitrogen and oxygen atoms in total. The van der Waals surface area contributed by atoms with E-state index in [4.69, 9.17) is 4.74 Å². The Balaban J connectivity index is 2.09. The Morgan fingerprint density at radius 2 is 1.56 bits per heavy atom. The van der Waals surface area contributed by atoms with Crippen molar-refractivity contribution in [1.29, 1.82) is 0 Å². The predicted octanol–water partition coefficient (Wildman–Crippen LogP) is 4.10. The van der Waals surface area contributed by atoms with Gasteiger partial charge in [0.2, 0.25) is 0 Å². The van der Waals surface area contributed by atoms with E-state index in [0.29, 0.717) is 12.0 Å². The van der Waals surface area contributed by atoms with Gasteiger partial charge < -0.3 is 4.74 Å². The lowest BCUT2D eigenvalue weighted by Gasteiger charge is -2.52. The molecule has 2 heteroatoms. The maximum Gasteiger partial charge on any atom is 0.119 e. The minimum Gasteiger partial charge on any atom is -0.360 e. The first-order chi connectivity index (χ1) is 8.45. The molecule has 1 saturated carbocycles. The molecular weight excluding hydrogens is 222 g/mol. The first-order valence-corrected chi connectivity index (χ1v) is 7.87. The summed E-state index contributed by atoms with van der Waals surface area (Å²) in [7, 11) is 0. The van der Waals surface area contributed by atoms with Crippen molar-refractivity contribution < 1.29 is 4.74 Å². The van der Waals surface area contributed by atoms with Crippen LogP contribution in [0.25, 0.3) is 0 Å². The van der Waals surface area contributed by atoms with Gasteiger partial charge in [-0.25, -0.2) is 0 Å². The maximum atomic E-state index is 6.33. The summed E-state index contributed by atoms with van der Waals surface area (Å²) in [6.07, 6.45) is 9.20. The first-order valence-electron chi connectivity index (χ1n) is 7.87. The molecule has 1 saturated heterocycles. The molecular formula is C16H31NO. The van der Waals surface area contributed by atoms with E-state index in [2.05, 4.69) is 33.0 Å². The molecule has 1 heterocycles. The van der Waals surface area contributed by atoms with Gasteiger partial charge in [0, 0.05) is 11.5 Å². The Bertz CT molecular complexity index is 264. The zero-order valence-electron chi connectivity index (χ0n) is 12.7. The fourth-order valence-corrected chi connectivity index (χ4v) is 3.77. The summed E-state index contributed by atoms with van der Waals surface area (Å²) in [5.74, 6) is 0.672. The van der Waals surface area contributed by atoms with Gasteiger partial charge in [0.15, 0.2) is 0 Å². The molecule has 1 N–H and O–H groups in total. The van der Waals surface area contributed by atoms with Crippen molar-refractivity contribution in [2.24, 2.45) is 11.3 Å². The van der Waals surface area contributed by atoms with Gasteiger partial charge in [0.1, 0.15) is 5.72 Å². The van der Waals surface area contributed by atoms with Crippen LogP contribution < -0.4 is 5.32 Å². The molecule has 106 valence electrons. The molecule has 0 aromatic heterocycles. The summed E-state index contributed by atoms with van der Waals surface area (Å²) >= 11 is 0. The largest absolute Gasteiger partial charge is 0.360 e. The smallest absolute Gasteiger partial charge is 0.119 e. The molecule has 1 aliphatic carbocycles. The highest BCUT2D eigenvalue weighted by Crippen LogP contribution is 2.38. The average molecular weight is 253 g/mol. The van der Waals surface area contributed by atoms with Crippen molar-refractivity contribution in [2.75, 3.05) is 6.61 Å². The fraction of sp³-hybridized carbons (Fsp3) is 1.00. The Morgan fingerprint density at radius 1 is 1.00 bits per heavy atom. The van der Waals surface area contributed by atoms with Crippen LogP contribution in [0.2, 0.25) is 0 Å². The van der Waals surface area contributed by atoms with E-state index in [9.17, 15) is 0 Å². The minimum absolute atomic E-state index is 0.00905. The molecule has 1 spiro atoms. The van der Waals surface area contributed by atoms with Gasteiger partial charge in [-0.1, -0.05) is 47.0 Å². The summed E-state index contributed by atoms with van der Waals surface area (Å²) in [6.45, 7) is 10.2. The quantitative estimate of drug-likeness (QED) is 0.759. The van der Waals surface area contributed by atoms with Gasteiger partial charge in [-0.3, -0.25) is 5.32 Å². The number of hydrogen-bond donors (Lipinski definition) is 1. The summed E-state index contributed by atoms with van der Waals surface area (Å²) in [6, 6.07) is 0.575. The van der Waals surface area contributed by atoms with Gasteiger partial charge in [-0.2, -0.15) is 0 Å². The van der Waals surface area contributed by atoms with Crippen LogP contribution in [0.1, 0.15) is 72.6 Å². The molecule has 2 aliphatic rings. The Labute approximate surface area is 113 Å². The van der Waals surface area contributed by atoms with Crippen molar-refractivity contribution in [3.05, 3.63) is 0 Å². The normalized spacial score (nSPS) is 32.2. The first kappa shape index (κ1) is 14.3. The number of ether oxygens (including phenoxy) is 1. The second-order valence-corrected chi connectivity index (χ2v) is 7.41. The van der Waals surface area contributed by atoms with Gasteiger partial charge in [-0.05, 0) is 31.6 Å². The Morgan fingerprint density at radius 3 is 2.11 bits per heavy atom. The van der Waals surface area contributed by atoms with E-state index in [-0.39, 0.29) is 11.1 Å². The SMILES string of the molecule is CC(C)C1NC2(CCCCCCC2)OCC1(C)C. The summed E-state index contributed by atoms with van der Waals surface area (Å²) in [4.78, 5) is 0. The van der Waals surface area contributed by atoms with Crippen LogP contribution in [0.4, 0.5) is 0 Å². The molecule has 0 aromatic carbocycles. The summed E-state index contributed by atoms with van der Waals surface area (Å²) in [5.41, 5.74) is 0.243. The molecule has 0 bridgehead atoms. The molecule has 0 aromatic rings. The van der Waals surface area contributed by atoms with Crippen LogP contribution in [0, 0.1) is 11.3 Å². The lowest BCUT2D eigenvalue weighted by molar-refractivity contribution is -0.174. The highest BCUT2D eigenvalue weighted by molar-refractivity contribution is 4.96. The fourth-order valence-electron chi connectivity index (χ4n) is 3.77. The van der Waals surface area contributed by atoms with Crippen LogP contribution in [-0.4, -0.2) is 18.4 Å². The third-order valence-electron chi connectivity index (χ3n) is 4.81. The predicted molar refractivity (Wildman–Crippen MR) is 76.5 cm³/mol. The second kappa shape index (κ2) is 5.50. The Hall–Kier alpha value is -0.0800. The molecule has 2 fully saturated rings. The van der Waals surface area contributed by atoms with Crippen LogP contribution >= 0.6 is 0 Å². The second-order valence-electron chi connectivity index (χ2n) is 7.41. The third-order valence-corrected chi connectivity index (χ3v) is 4.81. The molecule has 1 unspecified atom stereocenters. The standard InChI is InChI=1S/C16H31NO/c1-13(2)14-15(3,4)12-18-16(17-14)10-8-6-5-7-9-11-16/h13-14,17H,5-12H2,1-4H3. The van der Waals surface area contributed by atoms with Gasteiger partial charge in [0.05, 0.1) is 6.61 Å². The monoisotopic (exact) mass is 253 g/mol. The lowest BCUT2D eigenvalue weighted by Crippen LogP contribution is -2.64. The minimum atomic E-state index is -0.00905. The van der Waals surface area contributed by atoms with E-state index in [1.165, 1.54) is 44.9 Å². The van der Waals surface area contributed by atoms with Gasteiger partial charge in [0.25, 0.3) is 0 Å². The molecule has 1 aliphatic heterocycles. The number of hydrogen-bond acceptors (Lipinski definition) is 2. The van der Waals surface area contributed by atoms with Crippen molar-refractivity contribution in [3.8, 4) is 0 Å². The summed E-state index contributed by atoms with van der Waals surface area (Å²) in [5, 5.41) is 3.90. The molecule has 0 amide bonds. The van der Waals surface area contributed by atoms with Crippen LogP contribution in [-0.2, 0) is 4.74 Å². The Kier molecular flexibility index (Phi) is 4.38. The third kappa shape index (κ3) is 3.08. The van der Waals surface area contributed by atoms with Crippen molar-refractivity contribution in [3.63, 3.8) is 0 Å². The topological polar surface area (TPSA) is 21.3 Å². The lowest BCUT2D eigenvalue weighted by atomic mass is 9.76. The van der Waals surface area contributed by atoms with Crippen LogP contribution in [0.15, 0.2) is 0 Å².